The smallest absolute Gasteiger partial charge is 0.220 e. The molecule has 1 amide bonds. The largest absolute Gasteiger partial charge is 0.399 e. The summed E-state index contributed by atoms with van der Waals surface area (Å²) in [5, 5.41) is 2.45. The van der Waals surface area contributed by atoms with Crippen LogP contribution in [0.2, 0.25) is 0 Å². The maximum Gasteiger partial charge on any atom is 0.220 e. The lowest BCUT2D eigenvalue weighted by molar-refractivity contribution is -0.121. The van der Waals surface area contributed by atoms with Crippen molar-refractivity contribution in [1.29, 1.82) is 0 Å². The van der Waals surface area contributed by atoms with E-state index in [1.165, 1.54) is 0 Å². The normalized spacial score (nSPS) is 11.3. The molecule has 0 aliphatic heterocycles. The second-order valence-corrected chi connectivity index (χ2v) is 3.64. The Balaban J connectivity index is 3.57. The van der Waals surface area contributed by atoms with Crippen LogP contribution in [0.5, 0.6) is 0 Å². The van der Waals surface area contributed by atoms with Crippen molar-refractivity contribution in [3.05, 3.63) is 11.9 Å². The van der Waals surface area contributed by atoms with Gasteiger partial charge in [-0.2, -0.15) is 0 Å². The molecule has 0 bridgehead atoms. The molecule has 16 heavy (non-hydrogen) atoms. The van der Waals surface area contributed by atoms with Crippen LogP contribution >= 0.6 is 0 Å². The molecular weight excluding hydrogens is 211 g/mol. The van der Waals surface area contributed by atoms with E-state index in [4.69, 9.17) is 11.6 Å². The summed E-state index contributed by atoms with van der Waals surface area (Å²) in [5.41, 5.74) is 5.56. The van der Waals surface area contributed by atoms with Crippen LogP contribution < -0.4 is 16.9 Å². The highest BCUT2D eigenvalue weighted by atomic mass is 19.2. The summed E-state index contributed by atoms with van der Waals surface area (Å²) in [6.45, 7) is 2.23. The highest BCUT2D eigenvalue weighted by molar-refractivity contribution is 5.76. The number of rotatable bonds is 8. The Morgan fingerprint density at radius 2 is 2.12 bits per heavy atom. The lowest BCUT2D eigenvalue weighted by atomic mass is 10.1. The molecule has 0 unspecified atom stereocenters. The van der Waals surface area contributed by atoms with Gasteiger partial charge in [-0.3, -0.25) is 4.79 Å². The van der Waals surface area contributed by atoms with Gasteiger partial charge in [0.1, 0.15) is 0 Å². The fourth-order valence-electron chi connectivity index (χ4n) is 1.21. The molecule has 6 heteroatoms. The van der Waals surface area contributed by atoms with E-state index < -0.39 is 0 Å². The molecule has 0 fully saturated rings. The van der Waals surface area contributed by atoms with Crippen LogP contribution in [0.4, 0.5) is 4.48 Å². The lowest BCUT2D eigenvalue weighted by Gasteiger charge is -2.06. The number of carbonyl (C=O) groups is 1. The molecule has 0 spiro atoms. The molecule has 0 aromatic heterocycles. The first-order chi connectivity index (χ1) is 7.56. The number of nitrogens with zero attached hydrogens (tertiary/aromatic N) is 1. The van der Waals surface area contributed by atoms with Crippen LogP contribution in [-0.2, 0) is 4.79 Å². The highest BCUT2D eigenvalue weighted by Gasteiger charge is 2.01. The second-order valence-electron chi connectivity index (χ2n) is 3.64. The molecule has 0 atom stereocenters. The predicted molar refractivity (Wildman–Crippen MR) is 61.2 cm³/mol. The standard InChI is InChI=1S/C10H21FN4O/c1-2-3-4-5-6-10(16)14-7-9(12)8-15(11)13/h8H,2-7,12-13H2,1H3,(H,14,16)/b9-8+. The summed E-state index contributed by atoms with van der Waals surface area (Å²) >= 11 is 0. The maximum absolute atomic E-state index is 12.1. The van der Waals surface area contributed by atoms with Gasteiger partial charge in [0, 0.05) is 12.1 Å². The van der Waals surface area contributed by atoms with Crippen molar-refractivity contribution >= 4 is 5.91 Å². The zero-order valence-electron chi connectivity index (χ0n) is 9.71. The number of halogens is 1. The molecule has 0 aliphatic rings. The van der Waals surface area contributed by atoms with Crippen LogP contribution in [0.3, 0.4) is 0 Å². The van der Waals surface area contributed by atoms with Crippen molar-refractivity contribution in [2.24, 2.45) is 11.6 Å². The van der Waals surface area contributed by atoms with Gasteiger partial charge in [0.25, 0.3) is 0 Å². The monoisotopic (exact) mass is 232 g/mol. The average molecular weight is 232 g/mol. The average Bonchev–Trinajstić information content (AvgIpc) is 2.20. The van der Waals surface area contributed by atoms with E-state index in [9.17, 15) is 9.28 Å². The molecule has 5 nitrogen and oxygen atoms in total. The van der Waals surface area contributed by atoms with Crippen molar-refractivity contribution in [3.63, 3.8) is 0 Å². The summed E-state index contributed by atoms with van der Waals surface area (Å²) in [4.78, 5) is 11.3. The summed E-state index contributed by atoms with van der Waals surface area (Å²) < 4.78 is 12.1. The minimum absolute atomic E-state index is 0.0742. The summed E-state index contributed by atoms with van der Waals surface area (Å²) in [6.07, 6.45) is 5.60. The van der Waals surface area contributed by atoms with Gasteiger partial charge in [-0.1, -0.05) is 30.7 Å². The molecule has 0 aromatic rings. The minimum atomic E-state index is -0.136. The minimum Gasteiger partial charge on any atom is -0.399 e. The molecule has 0 saturated heterocycles. The fourth-order valence-corrected chi connectivity index (χ4v) is 1.21. The van der Waals surface area contributed by atoms with E-state index in [-0.39, 0.29) is 23.4 Å². The van der Waals surface area contributed by atoms with Crippen molar-refractivity contribution in [2.45, 2.75) is 39.0 Å². The van der Waals surface area contributed by atoms with E-state index in [0.29, 0.717) is 6.42 Å². The van der Waals surface area contributed by atoms with Crippen LogP contribution in [0.15, 0.2) is 11.9 Å². The number of hydrogen-bond acceptors (Lipinski definition) is 4. The van der Waals surface area contributed by atoms with Gasteiger partial charge < -0.3 is 11.1 Å². The number of hydrogen-bond donors (Lipinski definition) is 3. The van der Waals surface area contributed by atoms with E-state index in [1.54, 1.807) is 0 Å². The van der Waals surface area contributed by atoms with Gasteiger partial charge >= 0.3 is 0 Å². The third kappa shape index (κ3) is 9.26. The Morgan fingerprint density at radius 1 is 1.44 bits per heavy atom. The Bertz CT molecular complexity index is 231. The van der Waals surface area contributed by atoms with Crippen molar-refractivity contribution < 1.29 is 9.28 Å². The highest BCUT2D eigenvalue weighted by Crippen LogP contribution is 2.01. The van der Waals surface area contributed by atoms with Gasteiger partial charge in [-0.25, -0.2) is 5.84 Å². The van der Waals surface area contributed by atoms with Gasteiger partial charge in [0.15, 0.2) is 0 Å². The summed E-state index contributed by atoms with van der Waals surface area (Å²) in [7, 11) is 0. The van der Waals surface area contributed by atoms with Crippen molar-refractivity contribution in [2.75, 3.05) is 6.54 Å². The molecule has 5 N–H and O–H groups in total. The number of amides is 1. The van der Waals surface area contributed by atoms with Crippen LogP contribution in [0.1, 0.15) is 39.0 Å². The van der Waals surface area contributed by atoms with Gasteiger partial charge in [0.2, 0.25) is 5.91 Å². The van der Waals surface area contributed by atoms with Crippen LogP contribution in [0, 0.1) is 0 Å². The first-order valence-corrected chi connectivity index (χ1v) is 5.48. The third-order valence-electron chi connectivity index (χ3n) is 2.04. The number of unbranched alkanes of at least 4 members (excludes halogenated alkanes) is 3. The van der Waals surface area contributed by atoms with Crippen molar-refractivity contribution in [3.8, 4) is 0 Å². The SMILES string of the molecule is CCCCCCC(=O)NC/C(N)=C\N(N)F. The summed E-state index contributed by atoms with van der Waals surface area (Å²) in [6, 6.07) is 0. The van der Waals surface area contributed by atoms with E-state index in [1.807, 2.05) is 0 Å². The summed E-state index contributed by atoms with van der Waals surface area (Å²) in [5.74, 6) is 4.64. The Morgan fingerprint density at radius 3 is 2.69 bits per heavy atom. The molecule has 0 aromatic carbocycles. The van der Waals surface area contributed by atoms with Crippen molar-refractivity contribution in [1.82, 2.24) is 10.5 Å². The quantitative estimate of drug-likeness (QED) is 0.251. The first-order valence-electron chi connectivity index (χ1n) is 5.48. The zero-order valence-corrected chi connectivity index (χ0v) is 9.71. The molecule has 0 heterocycles. The molecule has 0 saturated carbocycles. The van der Waals surface area contributed by atoms with Crippen LogP contribution in [0.25, 0.3) is 0 Å². The topological polar surface area (TPSA) is 84.4 Å². The number of nitrogens with one attached hydrogen (secondary N) is 1. The van der Waals surface area contributed by atoms with Crippen LogP contribution in [-0.4, -0.2) is 17.7 Å². The first kappa shape index (κ1) is 14.7. The van der Waals surface area contributed by atoms with E-state index in [2.05, 4.69) is 12.2 Å². The van der Waals surface area contributed by atoms with E-state index in [0.717, 1.165) is 31.9 Å². The molecule has 0 rings (SSSR count). The molecule has 0 radical (unpaired) electrons. The Kier molecular flexibility index (Phi) is 8.24. The van der Waals surface area contributed by atoms with Gasteiger partial charge in [-0.05, 0) is 6.42 Å². The molecule has 94 valence electrons. The number of carbonyl (C=O) groups excluding carboxylic acids is 1. The van der Waals surface area contributed by atoms with E-state index >= 15 is 0 Å². The maximum atomic E-state index is 12.1. The fraction of sp³-hybridized carbons (Fsp3) is 0.700. The lowest BCUT2D eigenvalue weighted by Crippen LogP contribution is -2.29. The van der Waals surface area contributed by atoms with Gasteiger partial charge in [-0.15, -0.1) is 5.23 Å². The number of hydrazine groups is 1. The Labute approximate surface area is 95.6 Å². The zero-order chi connectivity index (χ0) is 12.4. The van der Waals surface area contributed by atoms with Gasteiger partial charge in [0.05, 0.1) is 12.7 Å². The molecule has 0 aliphatic carbocycles. The molecular formula is C10H21FN4O. The predicted octanol–water partition coefficient (Wildman–Crippen LogP) is 0.933. The number of nitrogens with two attached hydrogens (primary N) is 2. The second kappa shape index (κ2) is 8.96. The Hall–Kier alpha value is -1.30. The third-order valence-corrected chi connectivity index (χ3v) is 2.04.